The van der Waals surface area contributed by atoms with Gasteiger partial charge in [-0.3, -0.25) is 0 Å². The molecule has 6 nitrogen and oxygen atoms in total. The van der Waals surface area contributed by atoms with E-state index in [1.807, 2.05) is 0 Å². The summed E-state index contributed by atoms with van der Waals surface area (Å²) in [5, 5.41) is 8.92. The maximum atomic E-state index is 11.9. The van der Waals surface area contributed by atoms with E-state index < -0.39 is 29.0 Å². The van der Waals surface area contributed by atoms with Crippen LogP contribution < -0.4 is 4.72 Å². The van der Waals surface area contributed by atoms with E-state index in [0.717, 1.165) is 6.07 Å². The fraction of sp³-hybridized carbons (Fsp3) is 0.364. The van der Waals surface area contributed by atoms with Crippen LogP contribution in [0.15, 0.2) is 27.6 Å². The van der Waals surface area contributed by atoms with Gasteiger partial charge in [0.15, 0.2) is 0 Å². The molecule has 2 N–H and O–H groups in total. The number of halogens is 3. The minimum absolute atomic E-state index is 0.201. The summed E-state index contributed by atoms with van der Waals surface area (Å²) in [6.45, 7) is -1.19. The van der Waals surface area contributed by atoms with E-state index in [-0.39, 0.29) is 28.1 Å². The van der Waals surface area contributed by atoms with E-state index in [0.29, 0.717) is 0 Å². The molecule has 1 aromatic carbocycles. The van der Waals surface area contributed by atoms with Crippen molar-refractivity contribution in [3.63, 3.8) is 0 Å². The van der Waals surface area contributed by atoms with Gasteiger partial charge in [0.1, 0.15) is 6.61 Å². The summed E-state index contributed by atoms with van der Waals surface area (Å²) in [5.74, 6) is -1.28. The molecule has 1 rings (SSSR count). The van der Waals surface area contributed by atoms with Crippen LogP contribution in [0.2, 0.25) is 0 Å². The zero-order valence-electron chi connectivity index (χ0n) is 10.6. The predicted octanol–water partition coefficient (Wildman–Crippen LogP) is 1.71. The molecule has 0 fully saturated rings. The van der Waals surface area contributed by atoms with E-state index in [1.54, 1.807) is 0 Å². The van der Waals surface area contributed by atoms with Gasteiger partial charge < -0.3 is 9.84 Å². The summed E-state index contributed by atoms with van der Waals surface area (Å²) >= 11 is 3.00. The van der Waals surface area contributed by atoms with Crippen LogP contribution in [0, 0.1) is 0 Å². The summed E-state index contributed by atoms with van der Waals surface area (Å²) in [6, 6.07) is 3.51. The summed E-state index contributed by atoms with van der Waals surface area (Å²) in [7, 11) is -3.94. The van der Waals surface area contributed by atoms with Gasteiger partial charge in [-0.15, -0.1) is 0 Å². The molecule has 0 aliphatic carbocycles. The molecule has 0 amide bonds. The maximum absolute atomic E-state index is 11.9. The lowest BCUT2D eigenvalue weighted by atomic mass is 10.2. The van der Waals surface area contributed by atoms with Crippen LogP contribution in [0.25, 0.3) is 0 Å². The van der Waals surface area contributed by atoms with Gasteiger partial charge in [-0.05, 0) is 34.1 Å². The Hall–Kier alpha value is -1.10. The average molecular weight is 388 g/mol. The number of carbonyl (C=O) groups is 1. The number of carboxylic acid groups (broad SMARTS) is 1. The molecule has 1 aromatic rings. The van der Waals surface area contributed by atoms with Crippen molar-refractivity contribution in [3.8, 4) is 0 Å². The molecule has 0 heterocycles. The van der Waals surface area contributed by atoms with Crippen molar-refractivity contribution < 1.29 is 31.8 Å². The third-order valence-electron chi connectivity index (χ3n) is 2.26. The van der Waals surface area contributed by atoms with Gasteiger partial charge in [-0.1, -0.05) is 0 Å². The Morgan fingerprint density at radius 3 is 2.67 bits per heavy atom. The number of hydrogen-bond acceptors (Lipinski definition) is 4. The van der Waals surface area contributed by atoms with Crippen LogP contribution in [0.5, 0.6) is 0 Å². The molecule has 118 valence electrons. The predicted molar refractivity (Wildman–Crippen MR) is 73.1 cm³/mol. The van der Waals surface area contributed by atoms with Crippen LogP contribution >= 0.6 is 15.9 Å². The fourth-order valence-electron chi connectivity index (χ4n) is 1.34. The Morgan fingerprint density at radius 2 is 2.10 bits per heavy atom. The van der Waals surface area contributed by atoms with Gasteiger partial charge in [0.25, 0.3) is 6.43 Å². The molecule has 0 aromatic heterocycles. The number of sulfonamides is 1. The van der Waals surface area contributed by atoms with Crippen molar-refractivity contribution in [2.24, 2.45) is 0 Å². The number of rotatable bonds is 8. The van der Waals surface area contributed by atoms with Crippen molar-refractivity contribution in [2.45, 2.75) is 11.3 Å². The first-order valence-corrected chi connectivity index (χ1v) is 7.90. The molecule has 0 bridgehead atoms. The zero-order chi connectivity index (χ0) is 16.0. The Balaban J connectivity index is 2.70. The molecule has 0 radical (unpaired) electrons. The number of nitrogens with one attached hydrogen (secondary N) is 1. The second-order valence-corrected chi connectivity index (χ2v) is 6.43. The van der Waals surface area contributed by atoms with Gasteiger partial charge in [0.2, 0.25) is 10.0 Å². The molecule has 10 heteroatoms. The van der Waals surface area contributed by atoms with Crippen LogP contribution in [-0.2, 0) is 14.8 Å². The first kappa shape index (κ1) is 18.0. The Bertz CT molecular complexity index is 609. The highest BCUT2D eigenvalue weighted by Crippen LogP contribution is 2.20. The number of ether oxygens (including phenoxy) is 1. The standard InChI is InChI=1S/C11H12BrF2NO5S/c12-9-2-1-7(5-8(9)11(16)17)21(18,19)15-3-4-20-6-10(13)14/h1-2,5,10,15H,3-4,6H2,(H,16,17). The van der Waals surface area contributed by atoms with Crippen molar-refractivity contribution in [2.75, 3.05) is 19.8 Å². The monoisotopic (exact) mass is 387 g/mol. The highest BCUT2D eigenvalue weighted by molar-refractivity contribution is 9.10. The van der Waals surface area contributed by atoms with E-state index in [1.165, 1.54) is 12.1 Å². The highest BCUT2D eigenvalue weighted by atomic mass is 79.9. The van der Waals surface area contributed by atoms with Crippen molar-refractivity contribution in [3.05, 3.63) is 28.2 Å². The van der Waals surface area contributed by atoms with Crippen molar-refractivity contribution >= 4 is 31.9 Å². The topological polar surface area (TPSA) is 92.7 Å². The second kappa shape index (κ2) is 7.78. The number of carboxylic acids is 1. The largest absolute Gasteiger partial charge is 0.478 e. The number of alkyl halides is 2. The Labute approximate surface area is 128 Å². The molecule has 0 saturated heterocycles. The summed E-state index contributed by atoms with van der Waals surface area (Å²) in [5.41, 5.74) is -0.202. The third kappa shape index (κ3) is 5.65. The molecular formula is C11H12BrF2NO5S. The minimum atomic E-state index is -3.94. The summed E-state index contributed by atoms with van der Waals surface area (Å²) < 4.78 is 54.3. The smallest absolute Gasteiger partial charge is 0.336 e. The van der Waals surface area contributed by atoms with E-state index >= 15 is 0 Å². The summed E-state index contributed by atoms with van der Waals surface area (Å²) in [6.07, 6.45) is -2.62. The lowest BCUT2D eigenvalue weighted by Crippen LogP contribution is -2.28. The second-order valence-electron chi connectivity index (χ2n) is 3.81. The number of hydrogen-bond donors (Lipinski definition) is 2. The molecule has 21 heavy (non-hydrogen) atoms. The van der Waals surface area contributed by atoms with Crippen LogP contribution in [0.4, 0.5) is 8.78 Å². The Kier molecular flexibility index (Phi) is 6.65. The van der Waals surface area contributed by atoms with E-state index in [9.17, 15) is 22.0 Å². The number of benzene rings is 1. The average Bonchev–Trinajstić information content (AvgIpc) is 2.37. The third-order valence-corrected chi connectivity index (χ3v) is 4.41. The quantitative estimate of drug-likeness (QED) is 0.662. The maximum Gasteiger partial charge on any atom is 0.336 e. The van der Waals surface area contributed by atoms with Crippen molar-refractivity contribution in [1.82, 2.24) is 4.72 Å². The molecule has 0 atom stereocenters. The lowest BCUT2D eigenvalue weighted by Gasteiger charge is -2.08. The fourth-order valence-corrected chi connectivity index (χ4v) is 2.79. The van der Waals surface area contributed by atoms with Crippen LogP contribution in [0.1, 0.15) is 10.4 Å². The van der Waals surface area contributed by atoms with Gasteiger partial charge in [0.05, 0.1) is 17.1 Å². The molecule has 0 aliphatic heterocycles. The zero-order valence-corrected chi connectivity index (χ0v) is 13.0. The number of aromatic carboxylic acids is 1. The Morgan fingerprint density at radius 1 is 1.43 bits per heavy atom. The minimum Gasteiger partial charge on any atom is -0.478 e. The van der Waals surface area contributed by atoms with Crippen LogP contribution in [-0.4, -0.2) is 45.7 Å². The highest BCUT2D eigenvalue weighted by Gasteiger charge is 2.17. The molecule has 0 aliphatic rings. The van der Waals surface area contributed by atoms with Gasteiger partial charge >= 0.3 is 5.97 Å². The van der Waals surface area contributed by atoms with E-state index in [4.69, 9.17) is 5.11 Å². The van der Waals surface area contributed by atoms with Gasteiger partial charge in [-0.25, -0.2) is 26.7 Å². The van der Waals surface area contributed by atoms with Gasteiger partial charge in [0, 0.05) is 11.0 Å². The lowest BCUT2D eigenvalue weighted by molar-refractivity contribution is 0.0199. The normalized spacial score (nSPS) is 11.8. The van der Waals surface area contributed by atoms with E-state index in [2.05, 4.69) is 25.4 Å². The molecular weight excluding hydrogens is 376 g/mol. The first-order chi connectivity index (χ1) is 9.74. The summed E-state index contributed by atoms with van der Waals surface area (Å²) in [4.78, 5) is 10.7. The molecule has 0 unspecified atom stereocenters. The van der Waals surface area contributed by atoms with Crippen LogP contribution in [0.3, 0.4) is 0 Å². The first-order valence-electron chi connectivity index (χ1n) is 5.62. The molecule has 0 spiro atoms. The van der Waals surface area contributed by atoms with Gasteiger partial charge in [-0.2, -0.15) is 0 Å². The molecule has 0 saturated carbocycles. The van der Waals surface area contributed by atoms with Crippen molar-refractivity contribution in [1.29, 1.82) is 0 Å². The SMILES string of the molecule is O=C(O)c1cc(S(=O)(=O)NCCOCC(F)F)ccc1Br.